The number of carbonyl (C=O) groups excluding carboxylic acids is 1. The molecule has 3 aromatic rings. The number of sulfonamides is 1. The van der Waals surface area contributed by atoms with E-state index in [9.17, 15) is 13.2 Å². The summed E-state index contributed by atoms with van der Waals surface area (Å²) in [6, 6.07) is 18.8. The van der Waals surface area contributed by atoms with Gasteiger partial charge in [0.1, 0.15) is 23.6 Å². The van der Waals surface area contributed by atoms with Crippen molar-refractivity contribution in [2.24, 2.45) is 0 Å². The van der Waals surface area contributed by atoms with Crippen molar-refractivity contribution in [2.75, 3.05) is 18.0 Å². The number of benzene rings is 3. The Morgan fingerprint density at radius 1 is 1.08 bits per heavy atom. The van der Waals surface area contributed by atoms with Crippen LogP contribution in [0.3, 0.4) is 0 Å². The lowest BCUT2D eigenvalue weighted by Gasteiger charge is -2.38. The van der Waals surface area contributed by atoms with Crippen molar-refractivity contribution in [3.63, 3.8) is 0 Å². The van der Waals surface area contributed by atoms with Crippen LogP contribution >= 0.6 is 0 Å². The Bertz CT molecular complexity index is 1370. The number of nitrogens with one attached hydrogen (secondary N) is 1. The molecule has 0 aromatic heterocycles. The average molecular weight is 509 g/mol. The molecule has 1 amide bonds. The summed E-state index contributed by atoms with van der Waals surface area (Å²) in [4.78, 5) is 13.5. The average Bonchev–Trinajstić information content (AvgIpc) is 2.82. The monoisotopic (exact) mass is 508 g/mol. The molecular weight excluding hydrogens is 476 g/mol. The van der Waals surface area contributed by atoms with Crippen LogP contribution in [-0.2, 0) is 14.8 Å². The van der Waals surface area contributed by atoms with Gasteiger partial charge in [0.05, 0.1) is 23.7 Å². The smallest absolute Gasteiger partial charge is 0.264 e. The molecule has 8 heteroatoms. The highest BCUT2D eigenvalue weighted by molar-refractivity contribution is 7.92. The van der Waals surface area contributed by atoms with Gasteiger partial charge >= 0.3 is 0 Å². The minimum atomic E-state index is -3.99. The van der Waals surface area contributed by atoms with Crippen LogP contribution in [0, 0.1) is 13.8 Å². The van der Waals surface area contributed by atoms with Gasteiger partial charge in [0.2, 0.25) is 5.91 Å². The fourth-order valence-electron chi connectivity index (χ4n) is 4.56. The Labute approximate surface area is 213 Å². The maximum atomic E-state index is 13.7. The summed E-state index contributed by atoms with van der Waals surface area (Å²) in [6.07, 6.45) is 0.535. The molecule has 0 bridgehead atoms. The third kappa shape index (κ3) is 5.33. The van der Waals surface area contributed by atoms with E-state index < -0.39 is 21.5 Å². The maximum absolute atomic E-state index is 13.7. The molecule has 0 saturated carbocycles. The Morgan fingerprint density at radius 2 is 1.81 bits per heavy atom. The first-order chi connectivity index (χ1) is 17.0. The predicted molar refractivity (Wildman–Crippen MR) is 140 cm³/mol. The highest BCUT2D eigenvalue weighted by Crippen LogP contribution is 2.41. The lowest BCUT2D eigenvalue weighted by molar-refractivity contribution is -0.120. The lowest BCUT2D eigenvalue weighted by Crippen LogP contribution is -2.45. The Kier molecular flexibility index (Phi) is 7.00. The Balaban J connectivity index is 1.67. The molecule has 4 rings (SSSR count). The normalized spacial score (nSPS) is 16.4. The molecular formula is C28H32N2O5S. The number of ether oxygens (including phenoxy) is 2. The zero-order chi connectivity index (χ0) is 26.1. The van der Waals surface area contributed by atoms with Crippen molar-refractivity contribution >= 4 is 21.6 Å². The molecule has 190 valence electrons. The second-order valence-corrected chi connectivity index (χ2v) is 11.6. The number of aryl methyl sites for hydroxylation is 2. The van der Waals surface area contributed by atoms with Gasteiger partial charge in [-0.05, 0) is 63.6 Å². The molecule has 36 heavy (non-hydrogen) atoms. The fourth-order valence-corrected chi connectivity index (χ4v) is 6.07. The molecule has 3 aromatic carbocycles. The predicted octanol–water partition coefficient (Wildman–Crippen LogP) is 4.93. The van der Waals surface area contributed by atoms with Gasteiger partial charge in [0, 0.05) is 18.1 Å². The van der Waals surface area contributed by atoms with Gasteiger partial charge in [-0.3, -0.25) is 9.10 Å². The molecule has 0 spiro atoms. The number of methoxy groups -OCH3 is 1. The van der Waals surface area contributed by atoms with E-state index in [1.165, 1.54) is 16.4 Å². The van der Waals surface area contributed by atoms with Crippen LogP contribution in [0.4, 0.5) is 5.69 Å². The van der Waals surface area contributed by atoms with Crippen LogP contribution in [0.15, 0.2) is 71.6 Å². The highest BCUT2D eigenvalue weighted by atomic mass is 32.2. The number of amides is 1. The van der Waals surface area contributed by atoms with Crippen LogP contribution in [0.25, 0.3) is 0 Å². The summed E-state index contributed by atoms with van der Waals surface area (Å²) >= 11 is 0. The first-order valence-corrected chi connectivity index (χ1v) is 13.3. The topological polar surface area (TPSA) is 84.9 Å². The molecule has 0 saturated heterocycles. The summed E-state index contributed by atoms with van der Waals surface area (Å²) in [6.45, 7) is 7.34. The fraction of sp³-hybridized carbons (Fsp3) is 0.321. The molecule has 0 fully saturated rings. The van der Waals surface area contributed by atoms with Gasteiger partial charge in [-0.2, -0.15) is 0 Å². The van der Waals surface area contributed by atoms with Gasteiger partial charge in [-0.25, -0.2) is 8.42 Å². The van der Waals surface area contributed by atoms with Gasteiger partial charge in [0.25, 0.3) is 10.0 Å². The van der Waals surface area contributed by atoms with Crippen molar-refractivity contribution in [1.82, 2.24) is 5.32 Å². The minimum absolute atomic E-state index is 0.127. The van der Waals surface area contributed by atoms with E-state index in [0.29, 0.717) is 23.6 Å². The molecule has 0 radical (unpaired) electrons. The zero-order valence-corrected chi connectivity index (χ0v) is 22.1. The Morgan fingerprint density at radius 3 is 2.47 bits per heavy atom. The van der Waals surface area contributed by atoms with Crippen molar-refractivity contribution in [3.8, 4) is 11.5 Å². The van der Waals surface area contributed by atoms with E-state index in [1.807, 2.05) is 52.0 Å². The molecule has 1 N–H and O–H groups in total. The minimum Gasteiger partial charge on any atom is -0.497 e. The van der Waals surface area contributed by atoms with E-state index in [-0.39, 0.29) is 17.5 Å². The van der Waals surface area contributed by atoms with Crippen LogP contribution in [-0.4, -0.2) is 33.6 Å². The number of fused-ring (bicyclic) bond motifs is 1. The summed E-state index contributed by atoms with van der Waals surface area (Å²) < 4.78 is 40.0. The second kappa shape index (κ2) is 9.85. The Hall–Kier alpha value is -3.52. The highest BCUT2D eigenvalue weighted by Gasteiger charge is 2.36. The van der Waals surface area contributed by atoms with Crippen LogP contribution in [0.5, 0.6) is 11.5 Å². The first kappa shape index (κ1) is 25.6. The first-order valence-electron chi connectivity index (χ1n) is 11.8. The van der Waals surface area contributed by atoms with Gasteiger partial charge in [-0.1, -0.05) is 35.9 Å². The quantitative estimate of drug-likeness (QED) is 0.489. The molecule has 0 aliphatic carbocycles. The summed E-state index contributed by atoms with van der Waals surface area (Å²) in [5.74, 6) is 0.893. The van der Waals surface area contributed by atoms with Crippen molar-refractivity contribution in [2.45, 2.75) is 50.7 Å². The summed E-state index contributed by atoms with van der Waals surface area (Å²) in [5, 5.41) is 3.06. The number of hydrogen-bond acceptors (Lipinski definition) is 5. The van der Waals surface area contributed by atoms with E-state index in [1.54, 1.807) is 37.4 Å². The van der Waals surface area contributed by atoms with Crippen LogP contribution in [0.2, 0.25) is 0 Å². The molecule has 7 nitrogen and oxygen atoms in total. The van der Waals surface area contributed by atoms with Crippen molar-refractivity contribution < 1.29 is 22.7 Å². The largest absolute Gasteiger partial charge is 0.497 e. The van der Waals surface area contributed by atoms with E-state index in [2.05, 4.69) is 5.32 Å². The number of carbonyl (C=O) groups is 1. The van der Waals surface area contributed by atoms with Gasteiger partial charge < -0.3 is 14.8 Å². The van der Waals surface area contributed by atoms with Crippen molar-refractivity contribution in [1.29, 1.82) is 0 Å². The molecule has 1 aliphatic rings. The third-order valence-electron chi connectivity index (χ3n) is 6.25. The zero-order valence-electron chi connectivity index (χ0n) is 21.2. The number of anilines is 1. The second-order valence-electron chi connectivity index (χ2n) is 9.70. The standard InChI is InChI=1S/C28H32N2O5S/c1-19-11-14-25(20(2)15-19)30(36(32,33)22-9-7-6-8-10-22)18-27(31)29-24-17-28(3,4)35-26-16-21(34-5)12-13-23(24)26/h6-16,24H,17-18H2,1-5H3,(H,29,31). The summed E-state index contributed by atoms with van der Waals surface area (Å²) in [7, 11) is -2.40. The number of nitrogens with zero attached hydrogens (tertiary/aromatic N) is 1. The van der Waals surface area contributed by atoms with Gasteiger partial charge in [0.15, 0.2) is 0 Å². The van der Waals surface area contributed by atoms with E-state index >= 15 is 0 Å². The van der Waals surface area contributed by atoms with E-state index in [0.717, 1.165) is 16.7 Å². The van der Waals surface area contributed by atoms with Crippen LogP contribution in [0.1, 0.15) is 43.0 Å². The SMILES string of the molecule is COc1ccc2c(c1)OC(C)(C)CC2NC(=O)CN(c1ccc(C)cc1C)S(=O)(=O)c1ccccc1. The molecule has 1 heterocycles. The third-order valence-corrected chi connectivity index (χ3v) is 8.03. The van der Waals surface area contributed by atoms with E-state index in [4.69, 9.17) is 9.47 Å². The molecule has 1 unspecified atom stereocenters. The number of rotatable bonds is 7. The van der Waals surface area contributed by atoms with Gasteiger partial charge in [-0.15, -0.1) is 0 Å². The molecule has 1 aliphatic heterocycles. The summed E-state index contributed by atoms with van der Waals surface area (Å²) in [5.41, 5.74) is 2.55. The maximum Gasteiger partial charge on any atom is 0.264 e. The lowest BCUT2D eigenvalue weighted by atomic mass is 9.89. The van der Waals surface area contributed by atoms with Crippen molar-refractivity contribution in [3.05, 3.63) is 83.4 Å². The number of hydrogen-bond donors (Lipinski definition) is 1. The van der Waals surface area contributed by atoms with Crippen LogP contribution < -0.4 is 19.1 Å². The molecule has 1 atom stereocenters.